The molecular weight excluding hydrogens is 292 g/mol. The highest BCUT2D eigenvalue weighted by Gasteiger charge is 2.25. The highest BCUT2D eigenvalue weighted by atomic mass is 16.3. The fraction of sp³-hybridized carbons (Fsp3) is 0.333. The zero-order valence-electron chi connectivity index (χ0n) is 12.9. The summed E-state index contributed by atoms with van der Waals surface area (Å²) in [6, 6.07) is 7.09. The van der Waals surface area contributed by atoms with Crippen LogP contribution >= 0.6 is 0 Å². The maximum Gasteiger partial charge on any atom is 0.268 e. The van der Waals surface area contributed by atoms with Crippen molar-refractivity contribution in [2.75, 3.05) is 0 Å². The van der Waals surface area contributed by atoms with E-state index in [1.807, 2.05) is 0 Å². The molecule has 2 N–H and O–H groups in total. The highest BCUT2D eigenvalue weighted by molar-refractivity contribution is 6.02. The second-order valence-electron chi connectivity index (χ2n) is 5.90. The first-order chi connectivity index (χ1) is 11.1. The third kappa shape index (κ3) is 2.74. The van der Waals surface area contributed by atoms with E-state index in [4.69, 9.17) is 0 Å². The van der Waals surface area contributed by atoms with Crippen molar-refractivity contribution in [1.82, 2.24) is 9.88 Å². The van der Waals surface area contributed by atoms with Crippen LogP contribution in [0.4, 0.5) is 0 Å². The van der Waals surface area contributed by atoms with Crippen LogP contribution in [0.5, 0.6) is 5.75 Å². The number of rotatable bonds is 4. The Balaban J connectivity index is 2.13. The van der Waals surface area contributed by atoms with Gasteiger partial charge in [0.25, 0.3) is 11.5 Å². The number of aromatic hydroxyl groups is 1. The van der Waals surface area contributed by atoms with E-state index >= 15 is 0 Å². The van der Waals surface area contributed by atoms with E-state index < -0.39 is 11.5 Å². The quantitative estimate of drug-likeness (QED) is 0.852. The number of aromatic nitrogens is 1. The lowest BCUT2D eigenvalue weighted by Crippen LogP contribution is -2.37. The van der Waals surface area contributed by atoms with E-state index in [0.29, 0.717) is 10.9 Å². The molecular formula is C18H20N2O3. The second kappa shape index (κ2) is 6.28. The molecule has 1 aromatic carbocycles. The monoisotopic (exact) mass is 312 g/mol. The summed E-state index contributed by atoms with van der Waals surface area (Å²) in [5, 5.41) is 13.8. The van der Waals surface area contributed by atoms with Crippen LogP contribution in [0.25, 0.3) is 10.9 Å². The highest BCUT2D eigenvalue weighted by Crippen LogP contribution is 2.27. The first-order valence-corrected chi connectivity index (χ1v) is 7.89. The second-order valence-corrected chi connectivity index (χ2v) is 5.90. The molecule has 5 heteroatoms. The molecule has 0 spiro atoms. The maximum atomic E-state index is 12.7. The summed E-state index contributed by atoms with van der Waals surface area (Å²) >= 11 is 0. The number of pyridine rings is 1. The molecule has 0 atom stereocenters. The lowest BCUT2D eigenvalue weighted by Gasteiger charge is -2.16. The van der Waals surface area contributed by atoms with Gasteiger partial charge in [0.15, 0.2) is 0 Å². The predicted octanol–water partition coefficient (Wildman–Crippen LogP) is 2.57. The minimum Gasteiger partial charge on any atom is -0.506 e. The third-order valence-electron chi connectivity index (χ3n) is 4.37. The summed E-state index contributed by atoms with van der Waals surface area (Å²) in [6.07, 6.45) is 5.59. The molecule has 0 unspecified atom stereocenters. The number of hydrogen-bond acceptors (Lipinski definition) is 3. The van der Waals surface area contributed by atoms with Crippen molar-refractivity contribution in [3.8, 4) is 5.75 Å². The predicted molar refractivity (Wildman–Crippen MR) is 89.8 cm³/mol. The molecule has 5 nitrogen and oxygen atoms in total. The Morgan fingerprint density at radius 3 is 2.74 bits per heavy atom. The number of para-hydroxylation sites is 1. The van der Waals surface area contributed by atoms with E-state index in [0.717, 1.165) is 25.7 Å². The summed E-state index contributed by atoms with van der Waals surface area (Å²) in [5.74, 6) is -0.746. The fourth-order valence-electron chi connectivity index (χ4n) is 3.23. The van der Waals surface area contributed by atoms with Crippen LogP contribution in [-0.2, 0) is 6.54 Å². The van der Waals surface area contributed by atoms with Crippen molar-refractivity contribution in [2.24, 2.45) is 0 Å². The van der Waals surface area contributed by atoms with Crippen molar-refractivity contribution < 1.29 is 9.90 Å². The smallest absolute Gasteiger partial charge is 0.268 e. The van der Waals surface area contributed by atoms with Gasteiger partial charge in [-0.15, -0.1) is 6.58 Å². The normalized spacial score (nSPS) is 15.0. The lowest BCUT2D eigenvalue weighted by molar-refractivity contribution is 0.0933. The summed E-state index contributed by atoms with van der Waals surface area (Å²) < 4.78 is 1.46. The topological polar surface area (TPSA) is 71.3 Å². The van der Waals surface area contributed by atoms with Gasteiger partial charge in [-0.3, -0.25) is 9.59 Å². The summed E-state index contributed by atoms with van der Waals surface area (Å²) in [5.41, 5.74) is -0.0821. The number of benzene rings is 1. The Morgan fingerprint density at radius 2 is 2.04 bits per heavy atom. The van der Waals surface area contributed by atoms with Crippen molar-refractivity contribution in [2.45, 2.75) is 38.3 Å². The van der Waals surface area contributed by atoms with Crippen molar-refractivity contribution in [3.63, 3.8) is 0 Å². The van der Waals surface area contributed by atoms with Crippen LogP contribution in [0, 0.1) is 0 Å². The number of nitrogens with one attached hydrogen (secondary N) is 1. The molecule has 1 heterocycles. The Morgan fingerprint density at radius 1 is 1.35 bits per heavy atom. The van der Waals surface area contributed by atoms with Gasteiger partial charge in [-0.1, -0.05) is 31.1 Å². The number of amides is 1. The average molecular weight is 312 g/mol. The van der Waals surface area contributed by atoms with Crippen LogP contribution in [0.15, 0.2) is 41.7 Å². The fourth-order valence-corrected chi connectivity index (χ4v) is 3.23. The van der Waals surface area contributed by atoms with Crippen molar-refractivity contribution in [1.29, 1.82) is 0 Å². The molecule has 120 valence electrons. The van der Waals surface area contributed by atoms with Gasteiger partial charge in [-0.2, -0.15) is 0 Å². The van der Waals surface area contributed by atoms with Crippen LogP contribution < -0.4 is 10.9 Å². The summed E-state index contributed by atoms with van der Waals surface area (Å²) in [7, 11) is 0. The number of carbonyl (C=O) groups is 1. The van der Waals surface area contributed by atoms with Gasteiger partial charge in [0.1, 0.15) is 11.3 Å². The molecule has 0 radical (unpaired) electrons. The van der Waals surface area contributed by atoms with E-state index in [1.54, 1.807) is 30.3 Å². The van der Waals surface area contributed by atoms with Gasteiger partial charge < -0.3 is 15.0 Å². The first-order valence-electron chi connectivity index (χ1n) is 7.89. The number of carbonyl (C=O) groups excluding carboxylic acids is 1. The van der Waals surface area contributed by atoms with Gasteiger partial charge in [0.05, 0.1) is 5.52 Å². The van der Waals surface area contributed by atoms with Gasteiger partial charge in [-0.25, -0.2) is 0 Å². The average Bonchev–Trinajstić information content (AvgIpc) is 3.04. The largest absolute Gasteiger partial charge is 0.506 e. The molecule has 1 aromatic heterocycles. The Bertz CT molecular complexity index is 817. The maximum absolute atomic E-state index is 12.7. The van der Waals surface area contributed by atoms with Crippen LogP contribution in [0.2, 0.25) is 0 Å². The Hall–Kier alpha value is -2.56. The number of fused-ring (bicyclic) bond motifs is 1. The van der Waals surface area contributed by atoms with Gasteiger partial charge in [0.2, 0.25) is 0 Å². The number of hydrogen-bond donors (Lipinski definition) is 2. The summed E-state index contributed by atoms with van der Waals surface area (Å²) in [4.78, 5) is 25.2. The zero-order chi connectivity index (χ0) is 16.4. The SMILES string of the molecule is C=CCn1c(=O)c(C(=O)NC2CCCC2)c(O)c2ccccc21. The van der Waals surface area contributed by atoms with Crippen molar-refractivity contribution in [3.05, 3.63) is 52.8 Å². The van der Waals surface area contributed by atoms with Crippen LogP contribution in [0.3, 0.4) is 0 Å². The minimum absolute atomic E-state index is 0.0839. The van der Waals surface area contributed by atoms with Gasteiger partial charge in [0, 0.05) is 18.0 Å². The lowest BCUT2D eigenvalue weighted by atomic mass is 10.1. The summed E-state index contributed by atoms with van der Waals surface area (Å²) in [6.45, 7) is 3.94. The van der Waals surface area contributed by atoms with Crippen LogP contribution in [-0.4, -0.2) is 21.6 Å². The van der Waals surface area contributed by atoms with E-state index in [-0.39, 0.29) is 23.9 Å². The van der Waals surface area contributed by atoms with E-state index in [1.165, 1.54) is 4.57 Å². The van der Waals surface area contributed by atoms with Gasteiger partial charge in [-0.05, 0) is 25.0 Å². The molecule has 1 fully saturated rings. The molecule has 0 saturated heterocycles. The first kappa shape index (κ1) is 15.3. The Labute approximate surface area is 134 Å². The molecule has 0 bridgehead atoms. The molecule has 1 amide bonds. The van der Waals surface area contributed by atoms with Gasteiger partial charge >= 0.3 is 0 Å². The third-order valence-corrected chi connectivity index (χ3v) is 4.37. The molecule has 1 aliphatic carbocycles. The molecule has 0 aliphatic heterocycles. The Kier molecular flexibility index (Phi) is 4.19. The molecule has 1 aliphatic rings. The zero-order valence-corrected chi connectivity index (χ0v) is 12.9. The molecule has 2 aromatic rings. The van der Waals surface area contributed by atoms with Crippen molar-refractivity contribution >= 4 is 16.8 Å². The van der Waals surface area contributed by atoms with E-state index in [9.17, 15) is 14.7 Å². The van der Waals surface area contributed by atoms with E-state index in [2.05, 4.69) is 11.9 Å². The standard InChI is InChI=1S/C18H20N2O3/c1-2-11-20-14-10-6-5-9-13(14)16(21)15(18(20)23)17(22)19-12-7-3-4-8-12/h2,5-6,9-10,12,21H,1,3-4,7-8,11H2,(H,19,22). The minimum atomic E-state index is -0.497. The molecule has 23 heavy (non-hydrogen) atoms. The van der Waals surface area contributed by atoms with Crippen LogP contribution in [0.1, 0.15) is 36.0 Å². The molecule has 3 rings (SSSR count). The number of nitrogens with zero attached hydrogens (tertiary/aromatic N) is 1. The molecule has 1 saturated carbocycles. The number of allylic oxidation sites excluding steroid dienone is 1.